The van der Waals surface area contributed by atoms with Crippen LogP contribution in [0.3, 0.4) is 0 Å². The number of hydrogen-bond donors (Lipinski definition) is 3. The lowest BCUT2D eigenvalue weighted by atomic mass is 9.46. The van der Waals surface area contributed by atoms with Gasteiger partial charge in [0.25, 0.3) is 0 Å². The van der Waals surface area contributed by atoms with Crippen LogP contribution in [0.15, 0.2) is 12.2 Å². The summed E-state index contributed by atoms with van der Waals surface area (Å²) in [6.45, 7) is 8.66. The summed E-state index contributed by atoms with van der Waals surface area (Å²) < 4.78 is 0. The van der Waals surface area contributed by atoms with Gasteiger partial charge in [-0.15, -0.1) is 11.6 Å². The smallest absolute Gasteiger partial charge is 0.232 e. The number of nitrogens with one attached hydrogen (secondary N) is 1. The maximum Gasteiger partial charge on any atom is 0.232 e. The van der Waals surface area contributed by atoms with E-state index in [0.717, 1.165) is 31.3 Å². The van der Waals surface area contributed by atoms with Crippen LogP contribution >= 0.6 is 11.6 Å². The molecule has 3 rings (SSSR count). The highest BCUT2D eigenvalue weighted by Crippen LogP contribution is 2.62. The Morgan fingerprint density at radius 2 is 2.04 bits per heavy atom. The van der Waals surface area contributed by atoms with Crippen LogP contribution in [0.5, 0.6) is 0 Å². The summed E-state index contributed by atoms with van der Waals surface area (Å²) in [5.74, 6) is -1.08. The van der Waals surface area contributed by atoms with Gasteiger partial charge >= 0.3 is 0 Å². The Morgan fingerprint density at radius 1 is 1.35 bits per heavy atom. The molecule has 146 valence electrons. The first-order valence-electron chi connectivity index (χ1n) is 9.55. The Morgan fingerprint density at radius 3 is 2.62 bits per heavy atom. The lowest BCUT2D eigenvalue weighted by molar-refractivity contribution is -0.128. The number of aliphatic hydroxyl groups excluding tert-OH is 2. The molecule has 0 aromatic heterocycles. The largest absolute Gasteiger partial charge is 0.396 e. The summed E-state index contributed by atoms with van der Waals surface area (Å²) in [7, 11) is 0. The third-order valence-corrected chi connectivity index (χ3v) is 7.65. The number of alkyl halides is 1. The second-order valence-corrected chi connectivity index (χ2v) is 9.77. The molecule has 7 atom stereocenters. The van der Waals surface area contributed by atoms with E-state index >= 15 is 0 Å². The van der Waals surface area contributed by atoms with Crippen molar-refractivity contribution in [3.8, 4) is 0 Å². The molecule has 0 radical (unpaired) electrons. The van der Waals surface area contributed by atoms with Gasteiger partial charge < -0.3 is 10.2 Å². The van der Waals surface area contributed by atoms with Gasteiger partial charge in [0.1, 0.15) is 0 Å². The second-order valence-electron chi connectivity index (χ2n) is 9.15. The van der Waals surface area contributed by atoms with E-state index in [4.69, 9.17) is 11.6 Å². The highest BCUT2D eigenvalue weighted by atomic mass is 35.5. The zero-order chi connectivity index (χ0) is 19.3. The summed E-state index contributed by atoms with van der Waals surface area (Å²) in [5.41, 5.74) is 0.653. The molecule has 6 heteroatoms. The van der Waals surface area contributed by atoms with Gasteiger partial charge in [0.05, 0.1) is 12.0 Å². The number of carbonyl (C=O) groups is 2. The Labute approximate surface area is 160 Å². The number of halogens is 1. The zero-order valence-corrected chi connectivity index (χ0v) is 16.4. The highest BCUT2D eigenvalue weighted by molar-refractivity contribution is 6.20. The predicted octanol–water partition coefficient (Wildman–Crippen LogP) is 2.39. The molecule has 1 aliphatic heterocycles. The lowest BCUT2D eigenvalue weighted by Gasteiger charge is -2.59. The predicted molar refractivity (Wildman–Crippen MR) is 99.4 cm³/mol. The van der Waals surface area contributed by atoms with Gasteiger partial charge in [0.15, 0.2) is 0 Å². The van der Waals surface area contributed by atoms with Gasteiger partial charge in [0.2, 0.25) is 11.8 Å². The van der Waals surface area contributed by atoms with Gasteiger partial charge in [-0.1, -0.05) is 26.0 Å². The van der Waals surface area contributed by atoms with Crippen LogP contribution < -0.4 is 5.32 Å². The van der Waals surface area contributed by atoms with Crippen molar-refractivity contribution in [1.29, 1.82) is 0 Å². The summed E-state index contributed by atoms with van der Waals surface area (Å²) in [6.07, 6.45) is 2.98. The number of carbonyl (C=O) groups excluding carboxylic acids is 2. The van der Waals surface area contributed by atoms with Crippen molar-refractivity contribution in [3.05, 3.63) is 12.2 Å². The van der Waals surface area contributed by atoms with E-state index in [9.17, 15) is 19.8 Å². The first-order chi connectivity index (χ1) is 12.1. The number of hydrogen-bond acceptors (Lipinski definition) is 4. The molecule has 3 N–H and O–H groups in total. The Balaban J connectivity index is 1.86. The number of allylic oxidation sites excluding steroid dienone is 1. The van der Waals surface area contributed by atoms with Crippen LogP contribution in [-0.2, 0) is 9.59 Å². The molecule has 1 heterocycles. The Hall–Kier alpha value is -0.910. The topological polar surface area (TPSA) is 86.6 Å². The molecule has 3 fully saturated rings. The minimum absolute atomic E-state index is 0.0205. The van der Waals surface area contributed by atoms with Gasteiger partial charge in [-0.25, -0.2) is 0 Å². The van der Waals surface area contributed by atoms with Crippen molar-refractivity contribution >= 4 is 23.4 Å². The maximum atomic E-state index is 11.9. The van der Waals surface area contributed by atoms with Crippen LogP contribution in [0.2, 0.25) is 0 Å². The monoisotopic (exact) mass is 383 g/mol. The van der Waals surface area contributed by atoms with E-state index in [2.05, 4.69) is 25.7 Å². The molecule has 3 aliphatic rings. The van der Waals surface area contributed by atoms with Crippen molar-refractivity contribution in [2.75, 3.05) is 6.61 Å². The molecule has 26 heavy (non-hydrogen) atoms. The lowest BCUT2D eigenvalue weighted by Crippen LogP contribution is -2.55. The maximum absolute atomic E-state index is 11.9. The molecular formula is C20H30ClNO4. The number of amides is 2. The van der Waals surface area contributed by atoms with Crippen LogP contribution in [-0.4, -0.2) is 40.1 Å². The molecule has 2 saturated carbocycles. The van der Waals surface area contributed by atoms with Crippen molar-refractivity contribution in [1.82, 2.24) is 5.32 Å². The first kappa shape index (κ1) is 19.8. The second kappa shape index (κ2) is 6.92. The standard InChI is InChI=1S/C20H30ClNO4/c1-11-4-5-16-19(2,10-23)8-12(21)9-20(16,3)14(11)7-15(24)13-6-17(25)22-18(13)26/h12-16,23-24H,1,4-10H2,2-3H3,(H,22,25,26)/t12-,13+,14-,15-,16-,19-,20+/m0/s1. The third-order valence-electron chi connectivity index (χ3n) is 7.34. The summed E-state index contributed by atoms with van der Waals surface area (Å²) in [6, 6.07) is 0. The summed E-state index contributed by atoms with van der Waals surface area (Å²) >= 11 is 6.60. The van der Waals surface area contributed by atoms with Crippen LogP contribution in [0.1, 0.15) is 52.4 Å². The third kappa shape index (κ3) is 3.23. The van der Waals surface area contributed by atoms with Crippen LogP contribution in [0.4, 0.5) is 0 Å². The summed E-state index contributed by atoms with van der Waals surface area (Å²) in [5, 5.41) is 23.0. The van der Waals surface area contributed by atoms with E-state index in [1.807, 2.05) is 0 Å². The number of rotatable bonds is 4. The molecule has 0 aromatic carbocycles. The Bertz CT molecular complexity index is 623. The van der Waals surface area contributed by atoms with Gasteiger partial charge in [-0.2, -0.15) is 0 Å². The average Bonchev–Trinajstić information content (AvgIpc) is 2.88. The number of fused-ring (bicyclic) bond motifs is 1. The molecule has 5 nitrogen and oxygen atoms in total. The van der Waals surface area contributed by atoms with Crippen LogP contribution in [0, 0.1) is 28.6 Å². The molecule has 2 amide bonds. The Kier molecular flexibility index (Phi) is 5.28. The van der Waals surface area contributed by atoms with E-state index in [1.165, 1.54) is 0 Å². The number of imide groups is 1. The number of aliphatic hydroxyl groups is 2. The van der Waals surface area contributed by atoms with Crippen molar-refractivity contribution in [2.45, 2.75) is 63.9 Å². The SMILES string of the molecule is C=C1CC[C@H]2[C@](C)(CO)C[C@H](Cl)C[C@]2(C)[C@H]1C[C@H](O)[C@H]1CC(=O)NC1=O. The minimum Gasteiger partial charge on any atom is -0.396 e. The van der Waals surface area contributed by atoms with Crippen molar-refractivity contribution in [3.63, 3.8) is 0 Å². The molecule has 2 aliphatic carbocycles. The summed E-state index contributed by atoms with van der Waals surface area (Å²) in [4.78, 5) is 23.4. The quantitative estimate of drug-likeness (QED) is 0.395. The highest BCUT2D eigenvalue weighted by Gasteiger charge is 2.57. The van der Waals surface area contributed by atoms with E-state index in [0.29, 0.717) is 6.42 Å². The molecule has 0 spiro atoms. The average molecular weight is 384 g/mol. The molecule has 0 bridgehead atoms. The fourth-order valence-electron chi connectivity index (χ4n) is 6.07. The van der Waals surface area contributed by atoms with Crippen LogP contribution in [0.25, 0.3) is 0 Å². The minimum atomic E-state index is -0.880. The first-order valence-corrected chi connectivity index (χ1v) is 9.98. The van der Waals surface area contributed by atoms with E-state index in [1.54, 1.807) is 0 Å². The molecule has 1 saturated heterocycles. The normalized spacial score (nSPS) is 44.6. The molecule has 0 unspecified atom stereocenters. The fourth-order valence-corrected chi connectivity index (χ4v) is 6.76. The fraction of sp³-hybridized carbons (Fsp3) is 0.800. The van der Waals surface area contributed by atoms with Crippen molar-refractivity contribution in [2.24, 2.45) is 28.6 Å². The van der Waals surface area contributed by atoms with Gasteiger partial charge in [-0.3, -0.25) is 14.9 Å². The van der Waals surface area contributed by atoms with Crippen molar-refractivity contribution < 1.29 is 19.8 Å². The van der Waals surface area contributed by atoms with E-state index in [-0.39, 0.29) is 52.9 Å². The molecular weight excluding hydrogens is 354 g/mol. The van der Waals surface area contributed by atoms with Gasteiger partial charge in [0, 0.05) is 18.4 Å². The van der Waals surface area contributed by atoms with Gasteiger partial charge in [-0.05, 0) is 54.8 Å². The molecule has 0 aromatic rings. The van der Waals surface area contributed by atoms with E-state index < -0.39 is 12.0 Å². The zero-order valence-electron chi connectivity index (χ0n) is 15.6.